The lowest BCUT2D eigenvalue weighted by molar-refractivity contribution is 0.316. The molecule has 0 saturated heterocycles. The van der Waals surface area contributed by atoms with Gasteiger partial charge in [0.05, 0.1) is 12.4 Å². The average Bonchev–Trinajstić information content (AvgIpc) is 2.17. The number of hydrogen-bond donors (Lipinski definition) is 0. The van der Waals surface area contributed by atoms with Gasteiger partial charge in [-0.25, -0.2) is 8.42 Å². The van der Waals surface area contributed by atoms with Crippen molar-refractivity contribution in [3.05, 3.63) is 28.8 Å². The number of benzene rings is 1. The number of ether oxygens (including phenoxy) is 1. The van der Waals surface area contributed by atoms with Crippen LogP contribution in [0.3, 0.4) is 0 Å². The Bertz CT molecular complexity index is 457. The molecule has 0 heterocycles. The Kier molecular flexibility index (Phi) is 4.89. The van der Waals surface area contributed by atoms with Crippen molar-refractivity contribution in [1.82, 2.24) is 0 Å². The lowest BCUT2D eigenvalue weighted by atomic mass is 10.2. The third-order valence-corrected chi connectivity index (χ3v) is 3.66. The molecule has 0 aliphatic rings. The van der Waals surface area contributed by atoms with Gasteiger partial charge in [0.1, 0.15) is 5.75 Å². The van der Waals surface area contributed by atoms with Crippen molar-refractivity contribution in [2.45, 2.75) is 13.3 Å². The van der Waals surface area contributed by atoms with Crippen LogP contribution >= 0.6 is 22.3 Å². The molecule has 1 rings (SSSR count). The van der Waals surface area contributed by atoms with E-state index >= 15 is 0 Å². The minimum Gasteiger partial charge on any atom is -0.493 e. The van der Waals surface area contributed by atoms with Crippen LogP contribution in [0, 0.1) is 6.92 Å². The SMILES string of the molecule is Cc1c(Cl)cccc1OCCCS(=O)(=O)Cl. The van der Waals surface area contributed by atoms with E-state index in [-0.39, 0.29) is 5.75 Å². The fraction of sp³-hybridized carbons (Fsp3) is 0.400. The zero-order chi connectivity index (χ0) is 12.2. The summed E-state index contributed by atoms with van der Waals surface area (Å²) in [4.78, 5) is 0. The highest BCUT2D eigenvalue weighted by Gasteiger charge is 2.06. The molecule has 0 aliphatic carbocycles. The van der Waals surface area contributed by atoms with Crippen molar-refractivity contribution < 1.29 is 13.2 Å². The Morgan fingerprint density at radius 1 is 1.38 bits per heavy atom. The molecule has 0 saturated carbocycles. The minimum absolute atomic E-state index is 0.0891. The number of rotatable bonds is 5. The van der Waals surface area contributed by atoms with E-state index in [1.54, 1.807) is 18.2 Å². The maximum atomic E-state index is 10.7. The molecule has 3 nitrogen and oxygen atoms in total. The molecule has 16 heavy (non-hydrogen) atoms. The lowest BCUT2D eigenvalue weighted by Gasteiger charge is -2.09. The molecule has 0 spiro atoms. The normalized spacial score (nSPS) is 11.4. The van der Waals surface area contributed by atoms with Crippen LogP contribution in [0.25, 0.3) is 0 Å². The van der Waals surface area contributed by atoms with E-state index in [0.29, 0.717) is 23.8 Å². The van der Waals surface area contributed by atoms with E-state index in [2.05, 4.69) is 0 Å². The van der Waals surface area contributed by atoms with Crippen molar-refractivity contribution in [2.75, 3.05) is 12.4 Å². The van der Waals surface area contributed by atoms with Gasteiger partial charge in [-0.2, -0.15) is 0 Å². The lowest BCUT2D eigenvalue weighted by Crippen LogP contribution is -2.05. The largest absolute Gasteiger partial charge is 0.493 e. The smallest absolute Gasteiger partial charge is 0.232 e. The topological polar surface area (TPSA) is 43.4 Å². The Labute approximate surface area is 105 Å². The Hall–Kier alpha value is -0.450. The molecule has 0 atom stereocenters. The molecule has 1 aromatic carbocycles. The minimum atomic E-state index is -3.43. The quantitative estimate of drug-likeness (QED) is 0.616. The van der Waals surface area contributed by atoms with Gasteiger partial charge in [-0.05, 0) is 25.5 Å². The fourth-order valence-electron chi connectivity index (χ4n) is 1.16. The first kappa shape index (κ1) is 13.6. The average molecular weight is 283 g/mol. The third kappa shape index (κ3) is 4.60. The molecular weight excluding hydrogens is 271 g/mol. The van der Waals surface area contributed by atoms with Crippen LogP contribution in [-0.2, 0) is 9.05 Å². The van der Waals surface area contributed by atoms with Crippen LogP contribution in [-0.4, -0.2) is 20.8 Å². The van der Waals surface area contributed by atoms with E-state index in [1.165, 1.54) is 0 Å². The number of halogens is 2. The first-order chi connectivity index (χ1) is 7.40. The highest BCUT2D eigenvalue weighted by Crippen LogP contribution is 2.25. The molecule has 0 aliphatic heterocycles. The van der Waals surface area contributed by atoms with Crippen LogP contribution in [0.4, 0.5) is 0 Å². The molecule has 90 valence electrons. The molecule has 0 fully saturated rings. The molecule has 0 radical (unpaired) electrons. The zero-order valence-electron chi connectivity index (χ0n) is 8.74. The first-order valence-electron chi connectivity index (χ1n) is 4.70. The summed E-state index contributed by atoms with van der Waals surface area (Å²) in [6, 6.07) is 5.34. The summed E-state index contributed by atoms with van der Waals surface area (Å²) < 4.78 is 26.7. The maximum Gasteiger partial charge on any atom is 0.232 e. The Morgan fingerprint density at radius 2 is 2.06 bits per heavy atom. The molecule has 0 N–H and O–H groups in total. The maximum absolute atomic E-state index is 10.7. The van der Waals surface area contributed by atoms with Gasteiger partial charge < -0.3 is 4.74 Å². The monoisotopic (exact) mass is 282 g/mol. The predicted octanol–water partition coefficient (Wildman–Crippen LogP) is 2.99. The second-order valence-corrected chi connectivity index (χ2v) is 6.61. The van der Waals surface area contributed by atoms with Crippen LogP contribution < -0.4 is 4.74 Å². The Morgan fingerprint density at radius 3 is 2.69 bits per heavy atom. The van der Waals surface area contributed by atoms with E-state index in [4.69, 9.17) is 27.0 Å². The van der Waals surface area contributed by atoms with Gasteiger partial charge in [0.2, 0.25) is 9.05 Å². The highest BCUT2D eigenvalue weighted by atomic mass is 35.7. The summed E-state index contributed by atoms with van der Waals surface area (Å²) in [6.45, 7) is 2.14. The van der Waals surface area contributed by atoms with Crippen LogP contribution in [0.15, 0.2) is 18.2 Å². The summed E-state index contributed by atoms with van der Waals surface area (Å²) in [5.41, 5.74) is 0.845. The van der Waals surface area contributed by atoms with E-state index in [1.807, 2.05) is 6.92 Å². The van der Waals surface area contributed by atoms with Gasteiger partial charge in [-0.3, -0.25) is 0 Å². The van der Waals surface area contributed by atoms with Gasteiger partial charge in [0.25, 0.3) is 0 Å². The van der Waals surface area contributed by atoms with Gasteiger partial charge in [0, 0.05) is 21.3 Å². The zero-order valence-corrected chi connectivity index (χ0v) is 11.1. The van der Waals surface area contributed by atoms with Crippen LogP contribution in [0.2, 0.25) is 5.02 Å². The van der Waals surface area contributed by atoms with E-state index in [0.717, 1.165) is 5.56 Å². The van der Waals surface area contributed by atoms with Crippen molar-refractivity contribution in [3.63, 3.8) is 0 Å². The molecule has 0 aromatic heterocycles. The van der Waals surface area contributed by atoms with Crippen molar-refractivity contribution in [1.29, 1.82) is 0 Å². The van der Waals surface area contributed by atoms with Crippen LogP contribution in [0.5, 0.6) is 5.75 Å². The standard InChI is InChI=1S/C10H12Cl2O3S/c1-8-9(11)4-2-5-10(8)15-6-3-7-16(12,13)14/h2,4-5H,3,6-7H2,1H3. The second kappa shape index (κ2) is 5.75. The molecular formula is C10H12Cl2O3S. The van der Waals surface area contributed by atoms with E-state index in [9.17, 15) is 8.42 Å². The van der Waals surface area contributed by atoms with Gasteiger partial charge in [-0.15, -0.1) is 0 Å². The summed E-state index contributed by atoms with van der Waals surface area (Å²) in [6.07, 6.45) is 0.359. The number of hydrogen-bond acceptors (Lipinski definition) is 3. The molecule has 6 heteroatoms. The second-order valence-electron chi connectivity index (χ2n) is 3.31. The molecule has 1 aromatic rings. The van der Waals surface area contributed by atoms with Gasteiger partial charge in [0.15, 0.2) is 0 Å². The molecule has 0 unspecified atom stereocenters. The summed E-state index contributed by atoms with van der Waals surface area (Å²) in [5.74, 6) is 0.577. The Balaban J connectivity index is 2.47. The first-order valence-corrected chi connectivity index (χ1v) is 7.56. The molecule has 0 bridgehead atoms. The molecule has 0 amide bonds. The highest BCUT2D eigenvalue weighted by molar-refractivity contribution is 8.13. The van der Waals surface area contributed by atoms with Gasteiger partial charge >= 0.3 is 0 Å². The van der Waals surface area contributed by atoms with Crippen molar-refractivity contribution in [2.24, 2.45) is 0 Å². The van der Waals surface area contributed by atoms with Gasteiger partial charge in [-0.1, -0.05) is 17.7 Å². The van der Waals surface area contributed by atoms with E-state index < -0.39 is 9.05 Å². The predicted molar refractivity (Wildman–Crippen MR) is 65.9 cm³/mol. The summed E-state index contributed by atoms with van der Waals surface area (Å²) >= 11 is 5.90. The van der Waals surface area contributed by atoms with Crippen LogP contribution in [0.1, 0.15) is 12.0 Å². The fourth-order valence-corrected chi connectivity index (χ4v) is 2.11. The van der Waals surface area contributed by atoms with Crippen molar-refractivity contribution >= 4 is 31.3 Å². The summed E-state index contributed by atoms with van der Waals surface area (Å²) in [5, 5.41) is 0.627. The summed E-state index contributed by atoms with van der Waals surface area (Å²) in [7, 11) is 1.64. The third-order valence-electron chi connectivity index (χ3n) is 2.01. The van der Waals surface area contributed by atoms with Crippen molar-refractivity contribution in [3.8, 4) is 5.75 Å².